The molecule has 0 fully saturated rings. The van der Waals surface area contributed by atoms with Crippen LogP contribution in [-0.2, 0) is 0 Å². The van der Waals surface area contributed by atoms with Crippen LogP contribution in [0, 0.1) is 17.6 Å². The molecule has 0 aliphatic heterocycles. The van der Waals surface area contributed by atoms with E-state index in [9.17, 15) is 13.9 Å². The van der Waals surface area contributed by atoms with Crippen molar-refractivity contribution in [3.05, 3.63) is 29.3 Å². The van der Waals surface area contributed by atoms with Crippen molar-refractivity contribution in [2.75, 3.05) is 6.54 Å². The van der Waals surface area contributed by atoms with Crippen LogP contribution in [0.4, 0.5) is 8.78 Å². The molecule has 1 aromatic rings. The summed E-state index contributed by atoms with van der Waals surface area (Å²) in [5.41, 5.74) is 5.90. The monoisotopic (exact) mass is 229 g/mol. The molecule has 16 heavy (non-hydrogen) atoms. The van der Waals surface area contributed by atoms with Crippen LogP contribution in [0.15, 0.2) is 12.1 Å². The second-order valence-corrected chi connectivity index (χ2v) is 4.23. The third kappa shape index (κ3) is 2.50. The summed E-state index contributed by atoms with van der Waals surface area (Å²) in [5, 5.41) is 9.57. The molecule has 0 radical (unpaired) electrons. The molecule has 1 aromatic carbocycles. The molecule has 0 heterocycles. The van der Waals surface area contributed by atoms with Crippen LogP contribution in [0.1, 0.15) is 31.7 Å². The highest BCUT2D eigenvalue weighted by Gasteiger charge is 2.22. The lowest BCUT2D eigenvalue weighted by molar-refractivity contribution is 0.382. The molecule has 0 bridgehead atoms. The van der Waals surface area contributed by atoms with E-state index in [0.717, 1.165) is 6.07 Å². The molecule has 0 aliphatic carbocycles. The lowest BCUT2D eigenvalue weighted by atomic mass is 9.85. The Hall–Kier alpha value is -1.16. The number of rotatable bonds is 4. The molecule has 4 heteroatoms. The number of hydrogen-bond donors (Lipinski definition) is 2. The number of nitrogens with two attached hydrogens (primary N) is 1. The maximum Gasteiger partial charge on any atom is 0.200 e. The van der Waals surface area contributed by atoms with Gasteiger partial charge in [0.05, 0.1) is 0 Å². The fraction of sp³-hybridized carbons (Fsp3) is 0.500. The molecule has 90 valence electrons. The predicted octanol–water partition coefficient (Wildman–Crippen LogP) is 2.76. The lowest BCUT2D eigenvalue weighted by Crippen LogP contribution is -2.13. The highest BCUT2D eigenvalue weighted by molar-refractivity contribution is 5.37. The molecular weight excluding hydrogens is 212 g/mol. The Bertz CT molecular complexity index is 366. The van der Waals surface area contributed by atoms with Gasteiger partial charge in [0, 0.05) is 5.56 Å². The maximum atomic E-state index is 13.2. The van der Waals surface area contributed by atoms with E-state index in [1.807, 2.05) is 13.8 Å². The average molecular weight is 229 g/mol. The maximum absolute atomic E-state index is 13.2. The number of aromatic hydroxyl groups is 1. The lowest BCUT2D eigenvalue weighted by Gasteiger charge is -2.21. The average Bonchev–Trinajstić information content (AvgIpc) is 2.24. The molecule has 0 saturated heterocycles. The van der Waals surface area contributed by atoms with Gasteiger partial charge < -0.3 is 10.8 Å². The summed E-state index contributed by atoms with van der Waals surface area (Å²) in [6.45, 7) is 4.36. The normalized spacial score (nSPS) is 13.1. The second-order valence-electron chi connectivity index (χ2n) is 4.23. The van der Waals surface area contributed by atoms with Crippen molar-refractivity contribution >= 4 is 0 Å². The minimum atomic E-state index is -1.18. The van der Waals surface area contributed by atoms with Crippen molar-refractivity contribution in [2.24, 2.45) is 11.7 Å². The Balaban J connectivity index is 3.15. The summed E-state index contributed by atoms with van der Waals surface area (Å²) in [4.78, 5) is 0. The largest absolute Gasteiger partial charge is 0.505 e. The molecule has 2 nitrogen and oxygen atoms in total. The van der Waals surface area contributed by atoms with E-state index in [1.54, 1.807) is 0 Å². The number of hydrogen-bond acceptors (Lipinski definition) is 2. The molecule has 0 saturated carbocycles. The number of phenols is 1. The van der Waals surface area contributed by atoms with Gasteiger partial charge in [0.25, 0.3) is 0 Å². The minimum absolute atomic E-state index is 0.0555. The fourth-order valence-electron chi connectivity index (χ4n) is 1.88. The van der Waals surface area contributed by atoms with Gasteiger partial charge in [0.1, 0.15) is 0 Å². The van der Waals surface area contributed by atoms with Gasteiger partial charge in [0.2, 0.25) is 5.82 Å². The van der Waals surface area contributed by atoms with E-state index >= 15 is 0 Å². The van der Waals surface area contributed by atoms with Crippen molar-refractivity contribution in [2.45, 2.75) is 26.2 Å². The third-order valence-electron chi connectivity index (χ3n) is 2.78. The van der Waals surface area contributed by atoms with Crippen molar-refractivity contribution in [3.63, 3.8) is 0 Å². The summed E-state index contributed by atoms with van der Waals surface area (Å²) >= 11 is 0. The predicted molar refractivity (Wildman–Crippen MR) is 59.3 cm³/mol. The summed E-state index contributed by atoms with van der Waals surface area (Å²) in [5.74, 6) is -2.65. The van der Waals surface area contributed by atoms with Gasteiger partial charge in [-0.3, -0.25) is 0 Å². The number of phenolic OH excluding ortho intramolecular Hbond substituents is 1. The van der Waals surface area contributed by atoms with Gasteiger partial charge in [0.15, 0.2) is 11.6 Å². The molecule has 0 spiro atoms. The van der Waals surface area contributed by atoms with Crippen LogP contribution < -0.4 is 5.73 Å². The van der Waals surface area contributed by atoms with Gasteiger partial charge in [-0.05, 0) is 30.9 Å². The van der Waals surface area contributed by atoms with Crippen molar-refractivity contribution in [1.29, 1.82) is 0 Å². The van der Waals surface area contributed by atoms with E-state index in [4.69, 9.17) is 5.73 Å². The molecule has 0 aromatic heterocycles. The molecule has 1 atom stereocenters. The summed E-state index contributed by atoms with van der Waals surface area (Å²) in [7, 11) is 0. The molecule has 0 aliphatic rings. The van der Waals surface area contributed by atoms with Gasteiger partial charge >= 0.3 is 0 Å². The number of halogens is 2. The van der Waals surface area contributed by atoms with Crippen LogP contribution in [0.3, 0.4) is 0 Å². The third-order valence-corrected chi connectivity index (χ3v) is 2.78. The van der Waals surface area contributed by atoms with Crippen LogP contribution >= 0.6 is 0 Å². The first kappa shape index (κ1) is 12.9. The summed E-state index contributed by atoms with van der Waals surface area (Å²) < 4.78 is 26.0. The Morgan fingerprint density at radius 3 is 2.44 bits per heavy atom. The van der Waals surface area contributed by atoms with Gasteiger partial charge in [-0.2, -0.15) is 4.39 Å². The zero-order chi connectivity index (χ0) is 12.3. The first-order chi connectivity index (χ1) is 7.49. The molecule has 1 unspecified atom stereocenters. The Kier molecular flexibility index (Phi) is 4.24. The van der Waals surface area contributed by atoms with E-state index < -0.39 is 17.4 Å². The first-order valence-electron chi connectivity index (χ1n) is 5.36. The van der Waals surface area contributed by atoms with E-state index in [2.05, 4.69) is 0 Å². The Morgan fingerprint density at radius 2 is 1.94 bits per heavy atom. The topological polar surface area (TPSA) is 46.2 Å². The summed E-state index contributed by atoms with van der Waals surface area (Å²) in [6, 6.07) is 2.46. The van der Waals surface area contributed by atoms with Crippen molar-refractivity contribution < 1.29 is 13.9 Å². The SMILES string of the molecule is CC(C)C(CCN)c1ccc(F)c(F)c1O. The smallest absolute Gasteiger partial charge is 0.200 e. The minimum Gasteiger partial charge on any atom is -0.505 e. The van der Waals surface area contributed by atoms with Crippen LogP contribution in [0.2, 0.25) is 0 Å². The fourth-order valence-corrected chi connectivity index (χ4v) is 1.88. The molecule has 1 rings (SSSR count). The van der Waals surface area contributed by atoms with E-state index in [1.165, 1.54) is 6.07 Å². The first-order valence-corrected chi connectivity index (χ1v) is 5.36. The van der Waals surface area contributed by atoms with Crippen LogP contribution in [0.5, 0.6) is 5.75 Å². The highest BCUT2D eigenvalue weighted by Crippen LogP contribution is 2.35. The zero-order valence-corrected chi connectivity index (χ0v) is 9.50. The van der Waals surface area contributed by atoms with Crippen molar-refractivity contribution in [3.8, 4) is 5.75 Å². The van der Waals surface area contributed by atoms with Gasteiger partial charge in [-0.25, -0.2) is 4.39 Å². The highest BCUT2D eigenvalue weighted by atomic mass is 19.2. The second kappa shape index (κ2) is 5.25. The Morgan fingerprint density at radius 1 is 1.31 bits per heavy atom. The number of benzene rings is 1. The Labute approximate surface area is 94.1 Å². The van der Waals surface area contributed by atoms with Crippen molar-refractivity contribution in [1.82, 2.24) is 0 Å². The van der Waals surface area contributed by atoms with Crippen LogP contribution in [0.25, 0.3) is 0 Å². The molecule has 0 amide bonds. The van der Waals surface area contributed by atoms with Gasteiger partial charge in [-0.15, -0.1) is 0 Å². The standard InChI is InChI=1S/C12H17F2NO/c1-7(2)8(5-6-15)9-3-4-10(13)11(14)12(9)16/h3-4,7-8,16H,5-6,15H2,1-2H3. The van der Waals surface area contributed by atoms with Crippen LogP contribution in [-0.4, -0.2) is 11.7 Å². The van der Waals surface area contributed by atoms with E-state index in [0.29, 0.717) is 18.5 Å². The quantitative estimate of drug-likeness (QED) is 0.833. The van der Waals surface area contributed by atoms with E-state index in [-0.39, 0.29) is 11.8 Å². The zero-order valence-electron chi connectivity index (χ0n) is 9.50. The molecule has 3 N–H and O–H groups in total. The van der Waals surface area contributed by atoms with Gasteiger partial charge in [-0.1, -0.05) is 19.9 Å². The summed E-state index contributed by atoms with van der Waals surface area (Å²) in [6.07, 6.45) is 0.635. The molecular formula is C12H17F2NO.